The average Bonchev–Trinajstić information content (AvgIpc) is 3.84. The molecule has 4 nitrogen and oxygen atoms in total. The number of hydrogen-bond donors (Lipinski definition) is 0. The third-order valence-corrected chi connectivity index (χ3v) is 12.3. The lowest BCUT2D eigenvalue weighted by Gasteiger charge is -2.10. The Labute approximate surface area is 325 Å². The van der Waals surface area contributed by atoms with Crippen molar-refractivity contribution in [2.45, 2.75) is 0 Å². The summed E-state index contributed by atoms with van der Waals surface area (Å²) >= 11 is 1.81. The molecule has 0 spiro atoms. The second-order valence-corrected chi connectivity index (χ2v) is 15.4. The van der Waals surface area contributed by atoms with E-state index in [1.54, 1.807) is 11.3 Å². The third kappa shape index (κ3) is 4.88. The van der Waals surface area contributed by atoms with Gasteiger partial charge < -0.3 is 4.42 Å². The highest BCUT2D eigenvalue weighted by molar-refractivity contribution is 7.25. The zero-order valence-electron chi connectivity index (χ0n) is 29.9. The Morgan fingerprint density at radius 3 is 1.88 bits per heavy atom. The summed E-state index contributed by atoms with van der Waals surface area (Å²) in [5.41, 5.74) is 6.67. The van der Waals surface area contributed by atoms with Gasteiger partial charge in [0.1, 0.15) is 11.2 Å². The SMILES string of the molecule is c1ccc(-c2nc(-c3ccc4sc5ccccc5c4c3)nc(-c3cccc4oc5ccc(-c6ccc7c(ccc8c9ccccc9ccc78)c6)cc5c34)n2)cc1. The van der Waals surface area contributed by atoms with Crippen LogP contribution in [0.4, 0.5) is 0 Å². The second-order valence-electron chi connectivity index (χ2n) is 14.4. The fourth-order valence-electron chi connectivity index (χ4n) is 8.41. The van der Waals surface area contributed by atoms with Crippen LogP contribution in [0.15, 0.2) is 180 Å². The number of rotatable bonds is 4. The average molecular weight is 732 g/mol. The van der Waals surface area contributed by atoms with E-state index in [0.29, 0.717) is 17.5 Å². The molecule has 0 aliphatic carbocycles. The predicted octanol–water partition coefficient (Wildman–Crippen LogP) is 14.3. The zero-order chi connectivity index (χ0) is 36.7. The number of furan rings is 1. The number of fused-ring (bicyclic) bond motifs is 11. The number of hydrogen-bond acceptors (Lipinski definition) is 5. The fourth-order valence-corrected chi connectivity index (χ4v) is 9.49. The Morgan fingerprint density at radius 2 is 0.982 bits per heavy atom. The summed E-state index contributed by atoms with van der Waals surface area (Å²) in [6, 6.07) is 62.2. The lowest BCUT2D eigenvalue weighted by molar-refractivity contribution is 0.669. The number of nitrogens with zero attached hydrogens (tertiary/aromatic N) is 3. The smallest absolute Gasteiger partial charge is 0.164 e. The summed E-state index contributed by atoms with van der Waals surface area (Å²) in [5, 5.41) is 12.0. The molecule has 3 aromatic heterocycles. The van der Waals surface area contributed by atoms with Crippen LogP contribution in [0.2, 0.25) is 0 Å². The monoisotopic (exact) mass is 731 g/mol. The maximum Gasteiger partial charge on any atom is 0.164 e. The van der Waals surface area contributed by atoms with Crippen molar-refractivity contribution >= 4 is 85.8 Å². The molecule has 0 saturated heterocycles. The minimum atomic E-state index is 0.605. The van der Waals surface area contributed by atoms with Crippen LogP contribution in [-0.2, 0) is 0 Å². The summed E-state index contributed by atoms with van der Waals surface area (Å²) in [4.78, 5) is 15.4. The van der Waals surface area contributed by atoms with Crippen molar-refractivity contribution in [1.82, 2.24) is 15.0 Å². The van der Waals surface area contributed by atoms with Crippen LogP contribution in [0.3, 0.4) is 0 Å². The first-order chi connectivity index (χ1) is 27.7. The zero-order valence-corrected chi connectivity index (χ0v) is 30.7. The highest BCUT2D eigenvalue weighted by Crippen LogP contribution is 2.41. The van der Waals surface area contributed by atoms with E-state index in [4.69, 9.17) is 19.4 Å². The molecule has 0 N–H and O–H groups in total. The summed E-state index contributed by atoms with van der Waals surface area (Å²) in [5.74, 6) is 1.87. The molecule has 9 aromatic carbocycles. The Kier molecular flexibility index (Phi) is 6.76. The summed E-state index contributed by atoms with van der Waals surface area (Å²) in [7, 11) is 0. The molecule has 0 atom stereocenters. The maximum atomic E-state index is 6.50. The minimum absolute atomic E-state index is 0.605. The van der Waals surface area contributed by atoms with E-state index >= 15 is 0 Å². The first-order valence-corrected chi connectivity index (χ1v) is 19.6. The molecule has 0 fully saturated rings. The molecular formula is C51H29N3OS. The van der Waals surface area contributed by atoms with Gasteiger partial charge in [-0.1, -0.05) is 127 Å². The maximum absolute atomic E-state index is 6.50. The third-order valence-electron chi connectivity index (χ3n) is 11.1. The van der Waals surface area contributed by atoms with Crippen molar-refractivity contribution in [3.05, 3.63) is 176 Å². The topological polar surface area (TPSA) is 51.8 Å². The molecule has 0 amide bonds. The highest BCUT2D eigenvalue weighted by Gasteiger charge is 2.19. The first kappa shape index (κ1) is 31.2. The Balaban J connectivity index is 1.02. The van der Waals surface area contributed by atoms with Crippen molar-refractivity contribution in [2.24, 2.45) is 0 Å². The molecule has 0 bridgehead atoms. The van der Waals surface area contributed by atoms with Crippen LogP contribution in [0.5, 0.6) is 0 Å². The van der Waals surface area contributed by atoms with Crippen LogP contribution in [0.1, 0.15) is 0 Å². The Bertz CT molecular complexity index is 3550. The molecule has 0 saturated carbocycles. The van der Waals surface area contributed by atoms with Gasteiger partial charge in [-0.05, 0) is 92.0 Å². The van der Waals surface area contributed by atoms with Gasteiger partial charge in [0.05, 0.1) is 0 Å². The molecule has 3 heterocycles. The van der Waals surface area contributed by atoms with Gasteiger partial charge in [-0.25, -0.2) is 15.0 Å². The summed E-state index contributed by atoms with van der Waals surface area (Å²) in [6.07, 6.45) is 0. The summed E-state index contributed by atoms with van der Waals surface area (Å²) < 4.78 is 9.01. The van der Waals surface area contributed by atoms with Crippen molar-refractivity contribution in [3.63, 3.8) is 0 Å². The molecule has 12 aromatic rings. The van der Waals surface area contributed by atoms with Gasteiger partial charge in [-0.2, -0.15) is 0 Å². The van der Waals surface area contributed by atoms with E-state index in [9.17, 15) is 0 Å². The van der Waals surface area contributed by atoms with Crippen molar-refractivity contribution in [3.8, 4) is 45.3 Å². The van der Waals surface area contributed by atoms with E-state index in [2.05, 4.69) is 133 Å². The predicted molar refractivity (Wildman–Crippen MR) is 234 cm³/mol. The fraction of sp³-hybridized carbons (Fsp3) is 0. The van der Waals surface area contributed by atoms with Gasteiger partial charge in [0.2, 0.25) is 0 Å². The molecule has 0 aliphatic heterocycles. The molecule has 0 unspecified atom stereocenters. The van der Waals surface area contributed by atoms with Crippen molar-refractivity contribution in [2.75, 3.05) is 0 Å². The van der Waals surface area contributed by atoms with Gasteiger partial charge in [-0.3, -0.25) is 0 Å². The lowest BCUT2D eigenvalue weighted by Crippen LogP contribution is -2.00. The standard InChI is InChI=1S/C51H29N3OS/c1-2-10-31(11-3-1)49-52-50(35-21-26-47-42(29-35)40-13-6-7-16-46(40)56-47)54-51(53-49)41-14-8-15-45-48(41)43-28-33(20-25-44(43)55-45)32-18-22-37-34(27-32)19-24-38-36-12-5-4-9-30(36)17-23-39(37)38/h1-29H. The van der Waals surface area contributed by atoms with Crippen LogP contribution >= 0.6 is 11.3 Å². The van der Waals surface area contributed by atoms with E-state index in [-0.39, 0.29) is 0 Å². The van der Waals surface area contributed by atoms with E-state index in [0.717, 1.165) is 49.8 Å². The largest absolute Gasteiger partial charge is 0.456 e. The van der Waals surface area contributed by atoms with Crippen LogP contribution in [0.25, 0.3) is 120 Å². The number of aromatic nitrogens is 3. The molecule has 0 aliphatic rings. The quantitative estimate of drug-likeness (QED) is 0.169. The second kappa shape index (κ2) is 12.2. The molecule has 0 radical (unpaired) electrons. The van der Waals surface area contributed by atoms with Gasteiger partial charge >= 0.3 is 0 Å². The number of thiophene rings is 1. The minimum Gasteiger partial charge on any atom is -0.456 e. The van der Waals surface area contributed by atoms with Crippen LogP contribution in [-0.4, -0.2) is 15.0 Å². The van der Waals surface area contributed by atoms with Crippen molar-refractivity contribution < 1.29 is 4.42 Å². The van der Waals surface area contributed by atoms with Crippen LogP contribution < -0.4 is 0 Å². The Morgan fingerprint density at radius 1 is 0.339 bits per heavy atom. The number of benzene rings is 9. The van der Waals surface area contributed by atoms with Gasteiger partial charge in [0.15, 0.2) is 17.5 Å². The molecular weight excluding hydrogens is 703 g/mol. The van der Waals surface area contributed by atoms with Crippen molar-refractivity contribution in [1.29, 1.82) is 0 Å². The van der Waals surface area contributed by atoms with Gasteiger partial charge in [0, 0.05) is 47.6 Å². The first-order valence-electron chi connectivity index (χ1n) is 18.8. The normalized spacial score (nSPS) is 11.9. The summed E-state index contributed by atoms with van der Waals surface area (Å²) in [6.45, 7) is 0. The molecule has 12 rings (SSSR count). The van der Waals surface area contributed by atoms with E-state index < -0.39 is 0 Å². The van der Waals surface area contributed by atoms with Crippen LogP contribution in [0, 0.1) is 0 Å². The van der Waals surface area contributed by atoms with E-state index in [1.165, 1.54) is 52.5 Å². The molecule has 5 heteroatoms. The molecule has 260 valence electrons. The Hall–Kier alpha value is -7.21. The van der Waals surface area contributed by atoms with Gasteiger partial charge in [-0.15, -0.1) is 11.3 Å². The highest BCUT2D eigenvalue weighted by atomic mass is 32.1. The van der Waals surface area contributed by atoms with E-state index in [1.807, 2.05) is 42.5 Å². The van der Waals surface area contributed by atoms with Gasteiger partial charge in [0.25, 0.3) is 0 Å². The molecule has 56 heavy (non-hydrogen) atoms. The lowest BCUT2D eigenvalue weighted by atomic mass is 9.94.